The summed E-state index contributed by atoms with van der Waals surface area (Å²) in [7, 11) is 1.81. The van der Waals surface area contributed by atoms with E-state index in [1.807, 2.05) is 25.2 Å². The molecule has 3 aromatic carbocycles. The predicted molar refractivity (Wildman–Crippen MR) is 134 cm³/mol. The Kier molecular flexibility index (Phi) is 4.81. The minimum atomic E-state index is -0.901. The van der Waals surface area contributed by atoms with Crippen molar-refractivity contribution in [2.45, 2.75) is 49.3 Å². The van der Waals surface area contributed by atoms with Gasteiger partial charge in [-0.15, -0.1) is 0 Å². The summed E-state index contributed by atoms with van der Waals surface area (Å²) in [6.45, 7) is 0. The number of nitrogen functional groups attached to an aromatic ring is 1. The fourth-order valence-electron chi connectivity index (χ4n) is 5.94. The molecule has 0 saturated heterocycles. The van der Waals surface area contributed by atoms with Gasteiger partial charge in [0.2, 0.25) is 11.7 Å². The molecule has 2 spiro atoms. The third-order valence-corrected chi connectivity index (χ3v) is 7.49. The molecule has 1 fully saturated rings. The minimum absolute atomic E-state index is 0.362. The van der Waals surface area contributed by atoms with Crippen molar-refractivity contribution in [3.05, 3.63) is 83.9 Å². The quantitative estimate of drug-likeness (QED) is 0.523. The third kappa shape index (κ3) is 3.49. The molecule has 0 aromatic heterocycles. The van der Waals surface area contributed by atoms with Crippen LogP contribution in [0.3, 0.4) is 0 Å². The van der Waals surface area contributed by atoms with Crippen LogP contribution in [0.5, 0.6) is 5.75 Å². The highest BCUT2D eigenvalue weighted by molar-refractivity contribution is 5.79. The molecule has 34 heavy (non-hydrogen) atoms. The Morgan fingerprint density at radius 3 is 2.56 bits per heavy atom. The summed E-state index contributed by atoms with van der Waals surface area (Å²) in [4.78, 5) is 11.3. The SMILES string of the molecule is CN1OC2(CC3(CCCC(c4ccccc4)C3)Oc3ccc(-c4cccc(N)c4)cc32)N=C1N. The molecule has 3 atom stereocenters. The molecule has 1 aliphatic carbocycles. The van der Waals surface area contributed by atoms with Crippen LogP contribution in [0.2, 0.25) is 0 Å². The van der Waals surface area contributed by atoms with E-state index >= 15 is 0 Å². The zero-order valence-corrected chi connectivity index (χ0v) is 19.4. The summed E-state index contributed by atoms with van der Waals surface area (Å²) in [5.74, 6) is 1.65. The molecule has 2 heterocycles. The van der Waals surface area contributed by atoms with Gasteiger partial charge in [0.1, 0.15) is 11.4 Å². The maximum Gasteiger partial charge on any atom is 0.222 e. The molecule has 3 aromatic rings. The largest absolute Gasteiger partial charge is 0.487 e. The smallest absolute Gasteiger partial charge is 0.222 e. The number of anilines is 1. The standard InChI is InChI=1S/C28H30N4O2/c1-32-26(30)31-28(34-32)18-27(14-6-10-22(17-27)19-7-3-2-4-8-19)33-25-13-12-21(16-24(25)28)20-9-5-11-23(29)15-20/h2-5,7-9,11-13,15-16,22H,6,10,14,17-18,29H2,1H3,(H2,30,31). The summed E-state index contributed by atoms with van der Waals surface area (Å²) in [6.07, 6.45) is 4.79. The highest BCUT2D eigenvalue weighted by atomic mass is 16.7. The monoisotopic (exact) mass is 454 g/mol. The lowest BCUT2D eigenvalue weighted by Gasteiger charge is -2.48. The van der Waals surface area contributed by atoms with E-state index in [-0.39, 0.29) is 5.60 Å². The number of nitrogens with two attached hydrogens (primary N) is 2. The molecule has 3 unspecified atom stereocenters. The fourth-order valence-corrected chi connectivity index (χ4v) is 5.94. The average Bonchev–Trinajstić information content (AvgIpc) is 3.12. The highest BCUT2D eigenvalue weighted by Crippen LogP contribution is 2.55. The average molecular weight is 455 g/mol. The van der Waals surface area contributed by atoms with Crippen molar-refractivity contribution < 1.29 is 9.57 Å². The molecule has 174 valence electrons. The van der Waals surface area contributed by atoms with Crippen LogP contribution in [0.25, 0.3) is 11.1 Å². The van der Waals surface area contributed by atoms with Gasteiger partial charge in [-0.25, -0.2) is 14.9 Å². The Morgan fingerprint density at radius 1 is 0.971 bits per heavy atom. The summed E-state index contributed by atoms with van der Waals surface area (Å²) in [5, 5.41) is 1.58. The van der Waals surface area contributed by atoms with Crippen LogP contribution in [0.1, 0.15) is 49.1 Å². The van der Waals surface area contributed by atoms with Gasteiger partial charge in [-0.3, -0.25) is 0 Å². The fraction of sp³-hybridized carbons (Fsp3) is 0.321. The second-order valence-corrected chi connectivity index (χ2v) is 9.85. The number of fused-ring (bicyclic) bond motifs is 2. The first-order valence-corrected chi connectivity index (χ1v) is 12.0. The van der Waals surface area contributed by atoms with Gasteiger partial charge in [0.05, 0.1) is 5.56 Å². The Hall–Kier alpha value is -3.51. The molecule has 0 radical (unpaired) electrons. The lowest BCUT2D eigenvalue weighted by atomic mass is 9.70. The first kappa shape index (κ1) is 21.1. The number of nitrogens with zero attached hydrogens (tertiary/aromatic N) is 2. The number of hydrogen-bond donors (Lipinski definition) is 2. The molecule has 0 amide bonds. The van der Waals surface area contributed by atoms with E-state index in [2.05, 4.69) is 54.6 Å². The van der Waals surface area contributed by atoms with Crippen LogP contribution in [0.4, 0.5) is 5.69 Å². The second-order valence-electron chi connectivity index (χ2n) is 9.85. The van der Waals surface area contributed by atoms with Crippen LogP contribution < -0.4 is 16.2 Å². The number of hydroxylamine groups is 2. The van der Waals surface area contributed by atoms with E-state index in [1.165, 1.54) is 5.56 Å². The molecule has 2 aliphatic heterocycles. The van der Waals surface area contributed by atoms with Crippen molar-refractivity contribution in [3.8, 4) is 16.9 Å². The van der Waals surface area contributed by atoms with Gasteiger partial charge in [-0.2, -0.15) is 0 Å². The third-order valence-electron chi connectivity index (χ3n) is 7.49. The molecular formula is C28H30N4O2. The van der Waals surface area contributed by atoms with Gasteiger partial charge in [-0.05, 0) is 72.6 Å². The van der Waals surface area contributed by atoms with Crippen molar-refractivity contribution in [3.63, 3.8) is 0 Å². The van der Waals surface area contributed by atoms with Gasteiger partial charge in [0.15, 0.2) is 0 Å². The van der Waals surface area contributed by atoms with E-state index in [4.69, 9.17) is 26.0 Å². The first-order valence-electron chi connectivity index (χ1n) is 12.0. The van der Waals surface area contributed by atoms with E-state index in [0.29, 0.717) is 18.3 Å². The van der Waals surface area contributed by atoms with Gasteiger partial charge >= 0.3 is 0 Å². The molecule has 6 heteroatoms. The number of rotatable bonds is 2. The lowest BCUT2D eigenvalue weighted by Crippen LogP contribution is -2.50. The van der Waals surface area contributed by atoms with Gasteiger partial charge in [-0.1, -0.05) is 48.5 Å². The maximum absolute atomic E-state index is 6.85. The Bertz CT molecular complexity index is 1260. The molecule has 6 rings (SSSR count). The summed E-state index contributed by atoms with van der Waals surface area (Å²) < 4.78 is 6.85. The van der Waals surface area contributed by atoms with E-state index < -0.39 is 5.72 Å². The molecule has 1 saturated carbocycles. The van der Waals surface area contributed by atoms with Crippen molar-refractivity contribution >= 4 is 11.6 Å². The molecule has 3 aliphatic rings. The Balaban J connectivity index is 1.43. The first-order chi connectivity index (χ1) is 16.5. The topological polar surface area (TPSA) is 86.1 Å². The summed E-state index contributed by atoms with van der Waals surface area (Å²) >= 11 is 0. The minimum Gasteiger partial charge on any atom is -0.487 e. The van der Waals surface area contributed by atoms with Crippen LogP contribution in [0.15, 0.2) is 77.8 Å². The lowest BCUT2D eigenvalue weighted by molar-refractivity contribution is -0.208. The summed E-state index contributed by atoms with van der Waals surface area (Å²) in [5.41, 5.74) is 16.1. The van der Waals surface area contributed by atoms with Gasteiger partial charge in [0, 0.05) is 19.2 Å². The zero-order valence-electron chi connectivity index (χ0n) is 19.4. The van der Waals surface area contributed by atoms with E-state index in [0.717, 1.165) is 53.8 Å². The van der Waals surface area contributed by atoms with Crippen molar-refractivity contribution in [1.29, 1.82) is 0 Å². The predicted octanol–water partition coefficient (Wildman–Crippen LogP) is 5.16. The Labute approximate surface area is 200 Å². The van der Waals surface area contributed by atoms with E-state index in [1.54, 1.807) is 5.06 Å². The van der Waals surface area contributed by atoms with Crippen molar-refractivity contribution in [1.82, 2.24) is 5.06 Å². The highest BCUT2D eigenvalue weighted by Gasteiger charge is 2.55. The second kappa shape index (κ2) is 7.77. The zero-order chi connectivity index (χ0) is 23.3. The van der Waals surface area contributed by atoms with Crippen LogP contribution in [0, 0.1) is 0 Å². The van der Waals surface area contributed by atoms with Crippen LogP contribution in [-0.4, -0.2) is 23.7 Å². The number of aliphatic imine (C=N–C) groups is 1. The molecule has 6 nitrogen and oxygen atoms in total. The molecular weight excluding hydrogens is 424 g/mol. The molecule has 4 N–H and O–H groups in total. The van der Waals surface area contributed by atoms with Crippen molar-refractivity contribution in [2.24, 2.45) is 10.7 Å². The number of hydrogen-bond acceptors (Lipinski definition) is 6. The maximum atomic E-state index is 6.85. The summed E-state index contributed by atoms with van der Waals surface area (Å²) in [6, 6.07) is 24.9. The van der Waals surface area contributed by atoms with Crippen molar-refractivity contribution in [2.75, 3.05) is 12.8 Å². The normalized spacial score (nSPS) is 28.0. The van der Waals surface area contributed by atoms with Crippen LogP contribution >= 0.6 is 0 Å². The number of benzene rings is 3. The van der Waals surface area contributed by atoms with E-state index in [9.17, 15) is 0 Å². The molecule has 0 bridgehead atoms. The number of guanidine groups is 1. The van der Waals surface area contributed by atoms with Gasteiger partial charge < -0.3 is 16.2 Å². The Morgan fingerprint density at radius 2 is 1.79 bits per heavy atom. The van der Waals surface area contributed by atoms with Crippen LogP contribution in [-0.2, 0) is 10.6 Å². The van der Waals surface area contributed by atoms with Gasteiger partial charge in [0.25, 0.3) is 0 Å². The number of ether oxygens (including phenoxy) is 1.